The van der Waals surface area contributed by atoms with Gasteiger partial charge in [-0.1, -0.05) is 53.5 Å². The second-order valence-electron chi connectivity index (χ2n) is 3.55. The van der Waals surface area contributed by atoms with Gasteiger partial charge in [0, 0.05) is 19.0 Å². The minimum atomic E-state index is -0.168. The van der Waals surface area contributed by atoms with Gasteiger partial charge in [0.15, 0.2) is 0 Å². The van der Waals surface area contributed by atoms with E-state index in [9.17, 15) is 10.2 Å². The Kier molecular flexibility index (Phi) is 4.41. The molecule has 0 amide bonds. The van der Waals surface area contributed by atoms with Gasteiger partial charge in [-0.25, -0.2) is 0 Å². The molecule has 6 heteroatoms. The lowest BCUT2D eigenvalue weighted by Gasteiger charge is -2.18. The summed E-state index contributed by atoms with van der Waals surface area (Å²) < 4.78 is 2.52. The molecule has 2 rings (SSSR count). The summed E-state index contributed by atoms with van der Waals surface area (Å²) in [6, 6.07) is 6.78. The standard InChI is InChI=1S/C12H6Br4O2/c13-5-1-7(11(17)9(15)3-5)8-2-6(14)4-10(16)12(8)18/h1-4,17-18H/p-1. The minimum Gasteiger partial charge on any atom is -0.871 e. The second-order valence-corrected chi connectivity index (χ2v) is 7.09. The molecule has 0 saturated heterocycles. The molecule has 0 fully saturated rings. The van der Waals surface area contributed by atoms with E-state index in [0.717, 1.165) is 8.95 Å². The van der Waals surface area contributed by atoms with Crippen molar-refractivity contribution in [2.75, 3.05) is 0 Å². The SMILES string of the molecule is [O-]c1c(Br)cc(Br)cc1-c1cc(Br)cc(Br)c1O. The summed E-state index contributed by atoms with van der Waals surface area (Å²) in [6.07, 6.45) is 0. The molecule has 0 aliphatic heterocycles. The van der Waals surface area contributed by atoms with Crippen LogP contribution in [0.3, 0.4) is 0 Å². The van der Waals surface area contributed by atoms with Crippen LogP contribution >= 0.6 is 63.7 Å². The summed E-state index contributed by atoms with van der Waals surface area (Å²) in [6.45, 7) is 0. The summed E-state index contributed by atoms with van der Waals surface area (Å²) in [4.78, 5) is 0. The largest absolute Gasteiger partial charge is 0.871 e. The summed E-state index contributed by atoms with van der Waals surface area (Å²) in [5, 5.41) is 22.1. The Morgan fingerprint density at radius 2 is 1.28 bits per heavy atom. The van der Waals surface area contributed by atoms with Crippen molar-refractivity contribution in [2.45, 2.75) is 0 Å². The molecule has 2 aromatic carbocycles. The maximum atomic E-state index is 12.1. The third-order valence-corrected chi connectivity index (χ3v) is 4.44. The maximum Gasteiger partial charge on any atom is 0.137 e. The van der Waals surface area contributed by atoms with Crippen LogP contribution in [0.15, 0.2) is 42.2 Å². The first kappa shape index (κ1) is 14.4. The molecular weight excluding hydrogens is 496 g/mol. The smallest absolute Gasteiger partial charge is 0.137 e. The van der Waals surface area contributed by atoms with Crippen molar-refractivity contribution in [1.29, 1.82) is 0 Å². The number of halogens is 4. The highest BCUT2D eigenvalue weighted by atomic mass is 79.9. The molecule has 1 N–H and O–H groups in total. The molecule has 0 saturated carbocycles. The summed E-state index contributed by atoms with van der Waals surface area (Å²) in [5.74, 6) is -0.126. The zero-order valence-electron chi connectivity index (χ0n) is 8.68. The van der Waals surface area contributed by atoms with Crippen molar-refractivity contribution in [3.63, 3.8) is 0 Å². The first-order chi connectivity index (χ1) is 8.40. The minimum absolute atomic E-state index is 0.0419. The van der Waals surface area contributed by atoms with Gasteiger partial charge in [-0.2, -0.15) is 0 Å². The van der Waals surface area contributed by atoms with Crippen LogP contribution in [0.4, 0.5) is 0 Å². The molecule has 0 aliphatic rings. The fourth-order valence-corrected chi connectivity index (χ4v) is 3.98. The quantitative estimate of drug-likeness (QED) is 0.586. The van der Waals surface area contributed by atoms with E-state index in [4.69, 9.17) is 0 Å². The van der Waals surface area contributed by atoms with Crippen LogP contribution in [0.5, 0.6) is 11.5 Å². The van der Waals surface area contributed by atoms with E-state index in [1.807, 2.05) is 0 Å². The normalized spacial score (nSPS) is 10.7. The van der Waals surface area contributed by atoms with Crippen LogP contribution in [0.1, 0.15) is 0 Å². The molecule has 2 aromatic rings. The monoisotopic (exact) mass is 497 g/mol. The Bertz CT molecular complexity index is 570. The van der Waals surface area contributed by atoms with Crippen LogP contribution in [0, 0.1) is 0 Å². The van der Waals surface area contributed by atoms with Crippen LogP contribution in [0.2, 0.25) is 0 Å². The van der Waals surface area contributed by atoms with E-state index in [0.29, 0.717) is 20.1 Å². The van der Waals surface area contributed by atoms with Gasteiger partial charge in [0.1, 0.15) is 5.75 Å². The average Bonchev–Trinajstić information content (AvgIpc) is 2.28. The molecule has 0 aliphatic carbocycles. The Morgan fingerprint density at radius 3 is 1.89 bits per heavy atom. The molecule has 18 heavy (non-hydrogen) atoms. The summed E-state index contributed by atoms with van der Waals surface area (Å²) >= 11 is 13.1. The number of hydrogen-bond acceptors (Lipinski definition) is 2. The van der Waals surface area contributed by atoms with Gasteiger partial charge in [0.25, 0.3) is 0 Å². The third kappa shape index (κ3) is 2.76. The number of benzene rings is 2. The van der Waals surface area contributed by atoms with Crippen LogP contribution in [-0.2, 0) is 0 Å². The number of aromatic hydroxyl groups is 1. The number of hydrogen-bond donors (Lipinski definition) is 1. The molecule has 0 heterocycles. The predicted octanol–water partition coefficient (Wildman–Crippen LogP) is 5.18. The molecule has 0 bridgehead atoms. The Hall–Kier alpha value is -0.0400. The van der Waals surface area contributed by atoms with Crippen molar-refractivity contribution in [2.24, 2.45) is 0 Å². The Morgan fingerprint density at radius 1 is 0.778 bits per heavy atom. The predicted molar refractivity (Wildman–Crippen MR) is 83.8 cm³/mol. The van der Waals surface area contributed by atoms with Gasteiger partial charge >= 0.3 is 0 Å². The van der Waals surface area contributed by atoms with E-state index in [-0.39, 0.29) is 11.5 Å². The highest BCUT2D eigenvalue weighted by molar-refractivity contribution is 9.11. The van der Waals surface area contributed by atoms with Gasteiger partial charge in [0.05, 0.1) is 4.47 Å². The van der Waals surface area contributed by atoms with Crippen LogP contribution in [0.25, 0.3) is 11.1 Å². The lowest BCUT2D eigenvalue weighted by molar-refractivity contribution is -0.268. The molecular formula is C12H5Br4O2-. The van der Waals surface area contributed by atoms with E-state index in [1.165, 1.54) is 0 Å². The van der Waals surface area contributed by atoms with Crippen molar-refractivity contribution in [3.8, 4) is 22.6 Å². The van der Waals surface area contributed by atoms with Crippen LogP contribution < -0.4 is 5.11 Å². The average molecular weight is 501 g/mol. The van der Waals surface area contributed by atoms with Gasteiger partial charge < -0.3 is 10.2 Å². The molecule has 0 atom stereocenters. The van der Waals surface area contributed by atoms with E-state index >= 15 is 0 Å². The first-order valence-electron chi connectivity index (χ1n) is 4.74. The maximum absolute atomic E-state index is 12.1. The van der Waals surface area contributed by atoms with Crippen molar-refractivity contribution in [3.05, 3.63) is 42.2 Å². The van der Waals surface area contributed by atoms with Crippen molar-refractivity contribution < 1.29 is 10.2 Å². The zero-order chi connectivity index (χ0) is 13.4. The number of phenolic OH excluding ortho intramolecular Hbond substituents is 1. The van der Waals surface area contributed by atoms with Crippen molar-refractivity contribution in [1.82, 2.24) is 0 Å². The third-order valence-electron chi connectivity index (χ3n) is 2.33. The van der Waals surface area contributed by atoms with E-state index in [1.54, 1.807) is 24.3 Å². The first-order valence-corrected chi connectivity index (χ1v) is 7.92. The van der Waals surface area contributed by atoms with Gasteiger partial charge in [-0.3, -0.25) is 0 Å². The second kappa shape index (κ2) is 5.53. The highest BCUT2D eigenvalue weighted by Gasteiger charge is 2.12. The molecule has 0 aromatic heterocycles. The molecule has 0 unspecified atom stereocenters. The number of phenols is 1. The highest BCUT2D eigenvalue weighted by Crippen LogP contribution is 2.43. The van der Waals surface area contributed by atoms with Gasteiger partial charge in [0.2, 0.25) is 0 Å². The Balaban J connectivity index is 2.77. The van der Waals surface area contributed by atoms with E-state index < -0.39 is 0 Å². The summed E-state index contributed by atoms with van der Waals surface area (Å²) in [5.41, 5.74) is 0.902. The topological polar surface area (TPSA) is 43.3 Å². The van der Waals surface area contributed by atoms with Gasteiger partial charge in [-0.05, 0) is 45.8 Å². The molecule has 2 nitrogen and oxygen atoms in total. The van der Waals surface area contributed by atoms with E-state index in [2.05, 4.69) is 63.7 Å². The molecule has 0 spiro atoms. The fraction of sp³-hybridized carbons (Fsp3) is 0. The Labute approximate surface area is 138 Å². The van der Waals surface area contributed by atoms with Gasteiger partial charge in [-0.15, -0.1) is 0 Å². The molecule has 94 valence electrons. The lowest BCUT2D eigenvalue weighted by atomic mass is 10.0. The lowest BCUT2D eigenvalue weighted by Crippen LogP contribution is -1.95. The van der Waals surface area contributed by atoms with Crippen molar-refractivity contribution >= 4 is 63.7 Å². The molecule has 0 radical (unpaired) electrons. The van der Waals surface area contributed by atoms with Crippen LogP contribution in [-0.4, -0.2) is 5.11 Å². The number of rotatable bonds is 1. The fourth-order valence-electron chi connectivity index (χ4n) is 1.53. The summed E-state index contributed by atoms with van der Waals surface area (Å²) in [7, 11) is 0. The zero-order valence-corrected chi connectivity index (χ0v) is 15.0.